The molecule has 0 aliphatic carbocycles. The van der Waals surface area contributed by atoms with E-state index in [4.69, 9.17) is 4.74 Å². The van der Waals surface area contributed by atoms with E-state index in [-0.39, 0.29) is 23.8 Å². The molecule has 5 nitrogen and oxygen atoms in total. The Bertz CT molecular complexity index is 579. The summed E-state index contributed by atoms with van der Waals surface area (Å²) in [6.45, 7) is 5.52. The second-order valence-electron chi connectivity index (χ2n) is 5.95. The summed E-state index contributed by atoms with van der Waals surface area (Å²) < 4.78 is 5.13. The number of hydrogen-bond acceptors (Lipinski definition) is 5. The minimum Gasteiger partial charge on any atom is -0.466 e. The highest BCUT2D eigenvalue weighted by Gasteiger charge is 2.31. The van der Waals surface area contributed by atoms with Crippen molar-refractivity contribution >= 4 is 29.3 Å². The predicted octanol–water partition coefficient (Wildman–Crippen LogP) is 3.01. The van der Waals surface area contributed by atoms with Crippen molar-refractivity contribution in [3.05, 3.63) is 24.3 Å². The molecule has 0 spiro atoms. The first-order valence-electron chi connectivity index (χ1n) is 8.41. The van der Waals surface area contributed by atoms with Gasteiger partial charge in [-0.1, -0.05) is 12.1 Å². The number of hydrogen-bond donors (Lipinski definition) is 1. The van der Waals surface area contributed by atoms with E-state index < -0.39 is 0 Å². The van der Waals surface area contributed by atoms with Crippen molar-refractivity contribution in [3.63, 3.8) is 0 Å². The Morgan fingerprint density at radius 3 is 2.88 bits per heavy atom. The summed E-state index contributed by atoms with van der Waals surface area (Å²) in [5.74, 6) is -0.323. The first-order valence-corrected chi connectivity index (χ1v) is 9.63. The Morgan fingerprint density at radius 1 is 1.42 bits per heavy atom. The van der Waals surface area contributed by atoms with Crippen LogP contribution in [0, 0.1) is 5.92 Å². The third-order valence-corrected chi connectivity index (χ3v) is 5.16. The Kier molecular flexibility index (Phi) is 7.12. The second-order valence-corrected chi connectivity index (χ2v) is 6.80. The van der Waals surface area contributed by atoms with Crippen LogP contribution in [-0.4, -0.2) is 48.8 Å². The Morgan fingerprint density at radius 2 is 2.17 bits per heavy atom. The number of likely N-dealkylation sites (tertiary alicyclic amines) is 1. The van der Waals surface area contributed by atoms with Crippen molar-refractivity contribution in [2.75, 3.05) is 31.3 Å². The number of anilines is 1. The summed E-state index contributed by atoms with van der Waals surface area (Å²) in [6, 6.07) is 7.49. The molecule has 0 saturated carbocycles. The van der Waals surface area contributed by atoms with Gasteiger partial charge in [-0.15, -0.1) is 11.8 Å². The van der Waals surface area contributed by atoms with E-state index in [0.29, 0.717) is 13.2 Å². The molecule has 1 aliphatic heterocycles. The molecule has 0 aromatic heterocycles. The van der Waals surface area contributed by atoms with E-state index in [2.05, 4.69) is 10.2 Å². The number of ether oxygens (including phenoxy) is 1. The van der Waals surface area contributed by atoms with Crippen molar-refractivity contribution < 1.29 is 14.3 Å². The first kappa shape index (κ1) is 18.8. The highest BCUT2D eigenvalue weighted by Crippen LogP contribution is 2.25. The lowest BCUT2D eigenvalue weighted by atomic mass is 9.97. The van der Waals surface area contributed by atoms with Crippen LogP contribution in [0.2, 0.25) is 0 Å². The third-order valence-electron chi connectivity index (χ3n) is 4.36. The predicted molar refractivity (Wildman–Crippen MR) is 97.2 cm³/mol. The fraction of sp³-hybridized carbons (Fsp3) is 0.556. The molecule has 1 aliphatic rings. The highest BCUT2D eigenvalue weighted by molar-refractivity contribution is 7.98. The lowest BCUT2D eigenvalue weighted by molar-refractivity contribution is -0.150. The number of piperidine rings is 1. The third kappa shape index (κ3) is 4.74. The monoisotopic (exact) mass is 350 g/mol. The number of carbonyl (C=O) groups is 2. The minimum absolute atomic E-state index is 0.0407. The van der Waals surface area contributed by atoms with Gasteiger partial charge in [0.2, 0.25) is 5.91 Å². The fourth-order valence-electron chi connectivity index (χ4n) is 2.96. The van der Waals surface area contributed by atoms with Gasteiger partial charge in [-0.05, 0) is 51.6 Å². The molecule has 132 valence electrons. The zero-order chi connectivity index (χ0) is 17.5. The zero-order valence-electron chi connectivity index (χ0n) is 14.6. The molecule has 2 unspecified atom stereocenters. The minimum atomic E-state index is -0.280. The molecule has 1 fully saturated rings. The number of nitrogens with one attached hydrogen (secondary N) is 1. The van der Waals surface area contributed by atoms with Gasteiger partial charge in [0.25, 0.3) is 0 Å². The maximum Gasteiger partial charge on any atom is 0.310 e. The summed E-state index contributed by atoms with van der Waals surface area (Å²) in [7, 11) is 0. The topological polar surface area (TPSA) is 58.6 Å². The van der Waals surface area contributed by atoms with Crippen LogP contribution >= 0.6 is 11.8 Å². The Hall–Kier alpha value is -1.53. The summed E-state index contributed by atoms with van der Waals surface area (Å²) >= 11 is 1.60. The van der Waals surface area contributed by atoms with Crippen molar-refractivity contribution in [3.8, 4) is 0 Å². The first-order chi connectivity index (χ1) is 11.6. The zero-order valence-corrected chi connectivity index (χ0v) is 15.4. The lowest BCUT2D eigenvalue weighted by Gasteiger charge is -2.35. The summed E-state index contributed by atoms with van der Waals surface area (Å²) in [5, 5.41) is 3.01. The van der Waals surface area contributed by atoms with Gasteiger partial charge in [0.15, 0.2) is 0 Å². The van der Waals surface area contributed by atoms with Crippen LogP contribution in [0.25, 0.3) is 0 Å². The van der Waals surface area contributed by atoms with Gasteiger partial charge >= 0.3 is 5.97 Å². The molecule has 6 heteroatoms. The van der Waals surface area contributed by atoms with E-state index in [0.717, 1.165) is 30.0 Å². The van der Waals surface area contributed by atoms with Crippen molar-refractivity contribution in [2.24, 2.45) is 5.92 Å². The molecular formula is C18H26N2O3S. The maximum atomic E-state index is 12.6. The highest BCUT2D eigenvalue weighted by atomic mass is 32.2. The Labute approximate surface area is 148 Å². The average Bonchev–Trinajstić information content (AvgIpc) is 2.61. The van der Waals surface area contributed by atoms with Crippen LogP contribution in [-0.2, 0) is 14.3 Å². The SMILES string of the molecule is CCOC(=O)C1CCCN(C(C)C(=O)Nc2ccccc2SC)C1. The molecule has 24 heavy (non-hydrogen) atoms. The van der Waals surface area contributed by atoms with Crippen LogP contribution in [0.3, 0.4) is 0 Å². The van der Waals surface area contributed by atoms with Crippen molar-refractivity contribution in [1.82, 2.24) is 4.90 Å². The largest absolute Gasteiger partial charge is 0.466 e. The van der Waals surface area contributed by atoms with Crippen LogP contribution in [0.15, 0.2) is 29.2 Å². The van der Waals surface area contributed by atoms with Gasteiger partial charge in [-0.25, -0.2) is 0 Å². The molecule has 1 N–H and O–H groups in total. The van der Waals surface area contributed by atoms with Gasteiger partial charge in [0, 0.05) is 11.4 Å². The van der Waals surface area contributed by atoms with E-state index in [9.17, 15) is 9.59 Å². The molecule has 0 bridgehead atoms. The van der Waals surface area contributed by atoms with Crippen LogP contribution in [0.1, 0.15) is 26.7 Å². The van der Waals surface area contributed by atoms with Crippen LogP contribution < -0.4 is 5.32 Å². The lowest BCUT2D eigenvalue weighted by Crippen LogP contribution is -2.48. The molecule has 1 aromatic carbocycles. The van der Waals surface area contributed by atoms with Crippen molar-refractivity contribution in [1.29, 1.82) is 0 Å². The smallest absolute Gasteiger partial charge is 0.310 e. The van der Waals surface area contributed by atoms with Crippen LogP contribution in [0.4, 0.5) is 5.69 Å². The fourth-order valence-corrected chi connectivity index (χ4v) is 3.52. The second kappa shape index (κ2) is 9.08. The number of carbonyl (C=O) groups excluding carboxylic acids is 2. The quantitative estimate of drug-likeness (QED) is 0.631. The average molecular weight is 350 g/mol. The van der Waals surface area contributed by atoms with E-state index in [1.54, 1.807) is 11.8 Å². The number of amides is 1. The maximum absolute atomic E-state index is 12.6. The molecule has 1 saturated heterocycles. The van der Waals surface area contributed by atoms with E-state index >= 15 is 0 Å². The van der Waals surface area contributed by atoms with E-state index in [1.807, 2.05) is 44.4 Å². The van der Waals surface area contributed by atoms with Gasteiger partial charge < -0.3 is 10.1 Å². The Balaban J connectivity index is 1.98. The molecule has 1 heterocycles. The molecule has 1 aromatic rings. The molecule has 2 atom stereocenters. The summed E-state index contributed by atoms with van der Waals surface area (Å²) in [6.07, 6.45) is 3.73. The number of thioether (sulfide) groups is 1. The number of para-hydroxylation sites is 1. The van der Waals surface area contributed by atoms with E-state index in [1.165, 1.54) is 0 Å². The van der Waals surface area contributed by atoms with Gasteiger partial charge in [0.05, 0.1) is 24.3 Å². The number of esters is 1. The standard InChI is InChI=1S/C18H26N2O3S/c1-4-23-18(22)14-8-7-11-20(12-14)13(2)17(21)19-15-9-5-6-10-16(15)24-3/h5-6,9-10,13-14H,4,7-8,11-12H2,1-3H3,(H,19,21). The van der Waals surface area contributed by atoms with Crippen molar-refractivity contribution in [2.45, 2.75) is 37.6 Å². The number of rotatable bonds is 6. The molecule has 0 radical (unpaired) electrons. The molecule has 1 amide bonds. The molecular weight excluding hydrogens is 324 g/mol. The molecule has 2 rings (SSSR count). The van der Waals surface area contributed by atoms with Gasteiger partial charge in [-0.2, -0.15) is 0 Å². The van der Waals surface area contributed by atoms with Gasteiger partial charge in [0.1, 0.15) is 0 Å². The number of benzene rings is 1. The normalized spacial score (nSPS) is 19.5. The number of nitrogens with zero attached hydrogens (tertiary/aromatic N) is 1. The summed E-state index contributed by atoms with van der Waals surface area (Å²) in [5.41, 5.74) is 0.834. The summed E-state index contributed by atoms with van der Waals surface area (Å²) in [4.78, 5) is 27.7. The van der Waals surface area contributed by atoms with Crippen LogP contribution in [0.5, 0.6) is 0 Å². The van der Waals surface area contributed by atoms with Gasteiger partial charge in [-0.3, -0.25) is 14.5 Å².